The number of hydrogen-bond acceptors (Lipinski definition) is 7. The molecule has 1 saturated carbocycles. The molecule has 1 saturated heterocycles. The van der Waals surface area contributed by atoms with E-state index >= 15 is 0 Å². The zero-order chi connectivity index (χ0) is 23.1. The van der Waals surface area contributed by atoms with Gasteiger partial charge in [-0.15, -0.1) is 5.10 Å². The quantitative estimate of drug-likeness (QED) is 0.496. The number of phenolic OH excluding ortho intramolecular Hbond substituents is 1. The van der Waals surface area contributed by atoms with Crippen molar-refractivity contribution in [3.05, 3.63) is 64.9 Å². The molecule has 1 aliphatic carbocycles. The van der Waals surface area contributed by atoms with Gasteiger partial charge in [0.05, 0.1) is 5.69 Å². The number of amides is 2. The van der Waals surface area contributed by atoms with Crippen LogP contribution in [0.25, 0.3) is 5.69 Å². The van der Waals surface area contributed by atoms with Gasteiger partial charge in [0.25, 0.3) is 0 Å². The fourth-order valence-electron chi connectivity index (χ4n) is 4.48. The van der Waals surface area contributed by atoms with E-state index in [1.165, 1.54) is 23.1 Å². The van der Waals surface area contributed by atoms with Crippen LogP contribution in [0.5, 0.6) is 5.75 Å². The van der Waals surface area contributed by atoms with Gasteiger partial charge < -0.3 is 21.1 Å². The lowest BCUT2D eigenvalue weighted by atomic mass is 10.0. The molecule has 2 aromatic carbocycles. The van der Waals surface area contributed by atoms with Crippen LogP contribution in [0.3, 0.4) is 0 Å². The Kier molecular flexibility index (Phi) is 5.47. The van der Waals surface area contributed by atoms with Crippen molar-refractivity contribution in [2.75, 3.05) is 0 Å². The van der Waals surface area contributed by atoms with E-state index in [4.69, 9.17) is 17.3 Å². The van der Waals surface area contributed by atoms with Crippen LogP contribution in [0.1, 0.15) is 30.0 Å². The molecule has 170 valence electrons. The zero-order valence-electron chi connectivity index (χ0n) is 17.5. The second kappa shape index (κ2) is 8.45. The van der Waals surface area contributed by atoms with Gasteiger partial charge in [-0.25, -0.2) is 4.68 Å². The van der Waals surface area contributed by atoms with Gasteiger partial charge in [0.1, 0.15) is 24.2 Å². The summed E-state index contributed by atoms with van der Waals surface area (Å²) >= 11 is 6.16. The first kappa shape index (κ1) is 21.4. The zero-order valence-corrected chi connectivity index (χ0v) is 18.3. The minimum Gasteiger partial charge on any atom is -0.508 e. The highest BCUT2D eigenvalue weighted by atomic mass is 35.5. The fourth-order valence-corrected chi connectivity index (χ4v) is 4.68. The number of halogens is 1. The fraction of sp³-hybridized carbons (Fsp3) is 0.318. The Balaban J connectivity index is 1.30. The van der Waals surface area contributed by atoms with Gasteiger partial charge in [-0.2, -0.15) is 0 Å². The number of nitrogens with two attached hydrogens (primary N) is 1. The molecule has 0 unspecified atom stereocenters. The summed E-state index contributed by atoms with van der Waals surface area (Å²) in [6.07, 6.45) is 2.96. The van der Waals surface area contributed by atoms with Crippen LogP contribution in [-0.4, -0.2) is 54.1 Å². The molecule has 2 heterocycles. The summed E-state index contributed by atoms with van der Waals surface area (Å²) in [5.41, 5.74) is 8.25. The van der Waals surface area contributed by atoms with Crippen molar-refractivity contribution < 1.29 is 14.7 Å². The third kappa shape index (κ3) is 4.14. The third-order valence-electron chi connectivity index (χ3n) is 6.27. The molecule has 33 heavy (non-hydrogen) atoms. The molecule has 1 aromatic heterocycles. The Morgan fingerprint density at radius 1 is 1.21 bits per heavy atom. The maximum absolute atomic E-state index is 13.2. The van der Waals surface area contributed by atoms with E-state index < -0.39 is 12.1 Å². The van der Waals surface area contributed by atoms with Crippen LogP contribution in [0, 0.1) is 5.92 Å². The number of fused-ring (bicyclic) bond motifs is 1. The van der Waals surface area contributed by atoms with Gasteiger partial charge in [0, 0.05) is 17.6 Å². The lowest BCUT2D eigenvalue weighted by molar-refractivity contribution is -0.140. The highest BCUT2D eigenvalue weighted by molar-refractivity contribution is 6.30. The van der Waals surface area contributed by atoms with Gasteiger partial charge in [0.15, 0.2) is 0 Å². The number of hydrogen-bond donors (Lipinski definition) is 3. The number of piperidine rings is 1. The van der Waals surface area contributed by atoms with E-state index in [1.54, 1.807) is 35.2 Å². The molecule has 5 rings (SSSR count). The maximum atomic E-state index is 13.2. The molecule has 4 N–H and O–H groups in total. The van der Waals surface area contributed by atoms with Crippen molar-refractivity contribution in [2.24, 2.45) is 11.7 Å². The van der Waals surface area contributed by atoms with Crippen LogP contribution >= 0.6 is 11.6 Å². The second-order valence-electron chi connectivity index (χ2n) is 8.37. The highest BCUT2D eigenvalue weighted by Gasteiger charge is 2.56. The predicted octanol–water partition coefficient (Wildman–Crippen LogP) is 1.33. The van der Waals surface area contributed by atoms with E-state index in [2.05, 4.69) is 20.8 Å². The number of aromatic nitrogens is 4. The number of carbonyl (C=O) groups excluding carboxylic acids is 2. The van der Waals surface area contributed by atoms with Crippen LogP contribution in [0.2, 0.25) is 5.02 Å². The van der Waals surface area contributed by atoms with Crippen molar-refractivity contribution in [1.82, 2.24) is 30.4 Å². The third-order valence-corrected chi connectivity index (χ3v) is 6.51. The van der Waals surface area contributed by atoms with E-state index in [1.807, 2.05) is 0 Å². The topological polar surface area (TPSA) is 139 Å². The monoisotopic (exact) mass is 467 g/mol. The smallest absolute Gasteiger partial charge is 0.245 e. The van der Waals surface area contributed by atoms with Gasteiger partial charge in [0.2, 0.25) is 11.8 Å². The highest BCUT2D eigenvalue weighted by Crippen LogP contribution is 2.48. The second-order valence-corrected chi connectivity index (χ2v) is 8.81. The minimum atomic E-state index is -0.903. The molecule has 2 fully saturated rings. The SMILES string of the molecule is N[C@@H](C(=O)N1[C@H](C(=O)NCc2cc(Cl)ccc2-n2cnnn2)C[C@@H]2C[C@@H]21)c1ccc(O)cc1. The standard InChI is InChI=1S/C22H22ClN7O3/c23-15-3-6-17(29-11-26-27-28-29)14(7-15)10-25-21(32)19-9-13-8-18(13)30(19)22(33)20(24)12-1-4-16(31)5-2-12/h1-7,11,13,18-20,31H,8-10,24H2,(H,25,32)/t13-,18-,19-,20+/m0/s1. The summed E-state index contributed by atoms with van der Waals surface area (Å²) in [6, 6.07) is 10.0. The van der Waals surface area contributed by atoms with Crippen molar-refractivity contribution in [1.29, 1.82) is 0 Å². The molecule has 0 radical (unpaired) electrons. The summed E-state index contributed by atoms with van der Waals surface area (Å²) in [4.78, 5) is 28.0. The molecule has 0 bridgehead atoms. The normalized spacial score (nSPS) is 22.0. The Labute approximate surface area is 194 Å². The number of aromatic hydroxyl groups is 1. The van der Waals surface area contributed by atoms with Crippen LogP contribution in [-0.2, 0) is 16.1 Å². The number of nitrogens with one attached hydrogen (secondary N) is 1. The van der Waals surface area contributed by atoms with Gasteiger partial charge in [-0.05, 0) is 70.6 Å². The molecule has 4 atom stereocenters. The summed E-state index contributed by atoms with van der Waals surface area (Å²) in [7, 11) is 0. The van der Waals surface area contributed by atoms with Crippen molar-refractivity contribution >= 4 is 23.4 Å². The molecule has 0 spiro atoms. The van der Waals surface area contributed by atoms with E-state index in [-0.39, 0.29) is 30.2 Å². The van der Waals surface area contributed by atoms with Crippen molar-refractivity contribution in [3.63, 3.8) is 0 Å². The van der Waals surface area contributed by atoms with Crippen molar-refractivity contribution in [2.45, 2.75) is 37.5 Å². The Hall–Kier alpha value is -3.50. The molecule has 3 aromatic rings. The predicted molar refractivity (Wildman–Crippen MR) is 118 cm³/mol. The first-order chi connectivity index (χ1) is 15.9. The Bertz CT molecular complexity index is 1190. The summed E-state index contributed by atoms with van der Waals surface area (Å²) in [5, 5.41) is 24.2. The first-order valence-corrected chi connectivity index (χ1v) is 11.0. The molecular formula is C22H22ClN7O3. The van der Waals surface area contributed by atoms with E-state index in [0.717, 1.165) is 12.0 Å². The number of likely N-dealkylation sites (tertiary alicyclic amines) is 1. The van der Waals surface area contributed by atoms with Gasteiger partial charge >= 0.3 is 0 Å². The Morgan fingerprint density at radius 2 is 2.00 bits per heavy atom. The molecule has 2 aliphatic rings. The minimum absolute atomic E-state index is 0.0411. The number of rotatable bonds is 6. The molecule has 10 nitrogen and oxygen atoms in total. The molecule has 1 aliphatic heterocycles. The molecule has 11 heteroatoms. The molecular weight excluding hydrogens is 446 g/mol. The maximum Gasteiger partial charge on any atom is 0.245 e. The number of benzene rings is 2. The van der Waals surface area contributed by atoms with Crippen molar-refractivity contribution in [3.8, 4) is 11.4 Å². The number of phenols is 1. The van der Waals surface area contributed by atoms with Crippen LogP contribution < -0.4 is 11.1 Å². The average Bonchev–Trinajstić information content (AvgIpc) is 3.21. The Morgan fingerprint density at radius 3 is 2.73 bits per heavy atom. The number of carbonyl (C=O) groups is 2. The average molecular weight is 468 g/mol. The van der Waals surface area contributed by atoms with Gasteiger partial charge in [-0.1, -0.05) is 23.7 Å². The summed E-state index contributed by atoms with van der Waals surface area (Å²) in [5.74, 6) is -0.111. The van der Waals surface area contributed by atoms with E-state index in [0.29, 0.717) is 28.6 Å². The lowest BCUT2D eigenvalue weighted by Crippen LogP contribution is -2.50. The number of nitrogens with zero attached hydrogens (tertiary/aromatic N) is 5. The number of tetrazole rings is 1. The van der Waals surface area contributed by atoms with Gasteiger partial charge in [-0.3, -0.25) is 9.59 Å². The van der Waals surface area contributed by atoms with Crippen LogP contribution in [0.15, 0.2) is 48.8 Å². The van der Waals surface area contributed by atoms with Crippen LogP contribution in [0.4, 0.5) is 0 Å². The summed E-state index contributed by atoms with van der Waals surface area (Å²) < 4.78 is 1.50. The van der Waals surface area contributed by atoms with E-state index in [9.17, 15) is 14.7 Å². The molecule has 2 amide bonds. The largest absolute Gasteiger partial charge is 0.508 e. The first-order valence-electron chi connectivity index (χ1n) is 10.6. The summed E-state index contributed by atoms with van der Waals surface area (Å²) in [6.45, 7) is 0.201. The lowest BCUT2D eigenvalue weighted by Gasteiger charge is -2.29.